The lowest BCUT2D eigenvalue weighted by molar-refractivity contribution is -0.117. The first-order valence-electron chi connectivity index (χ1n) is 13.4. The van der Waals surface area contributed by atoms with E-state index in [0.29, 0.717) is 23.4 Å². The number of ether oxygens (including phenoxy) is 1. The number of amides is 2. The summed E-state index contributed by atoms with van der Waals surface area (Å²) in [7, 11) is -2.53. The van der Waals surface area contributed by atoms with Crippen LogP contribution in [-0.2, 0) is 14.8 Å². The predicted octanol–water partition coefficient (Wildman–Crippen LogP) is 5.68. The summed E-state index contributed by atoms with van der Waals surface area (Å²) in [6.45, 7) is 8.15. The molecular formula is C32H35N3O5S. The van der Waals surface area contributed by atoms with Gasteiger partial charge in [0.05, 0.1) is 12.0 Å². The Balaban J connectivity index is 1.61. The van der Waals surface area contributed by atoms with Crippen molar-refractivity contribution in [2.45, 2.75) is 44.9 Å². The number of sulfonamides is 1. The van der Waals surface area contributed by atoms with Crippen molar-refractivity contribution < 1.29 is 22.7 Å². The summed E-state index contributed by atoms with van der Waals surface area (Å²) in [5, 5.41) is 3.90. The largest absolute Gasteiger partial charge is 0.496 e. The van der Waals surface area contributed by atoms with Crippen LogP contribution in [0.4, 0.5) is 0 Å². The number of benzene rings is 3. The Labute approximate surface area is 240 Å². The first kappa shape index (κ1) is 29.6. The van der Waals surface area contributed by atoms with Crippen molar-refractivity contribution in [2.24, 2.45) is 0 Å². The monoisotopic (exact) mass is 573 g/mol. The molecule has 41 heavy (non-hydrogen) atoms. The quantitative estimate of drug-likeness (QED) is 0.211. The summed E-state index contributed by atoms with van der Waals surface area (Å²) in [5.41, 5.74) is 5.05. The maximum atomic E-state index is 12.9. The van der Waals surface area contributed by atoms with E-state index in [2.05, 4.69) is 15.0 Å². The molecule has 1 atom stereocenters. The fourth-order valence-corrected chi connectivity index (χ4v) is 5.99. The standard InChI is InChI=1S/C32H35N3O5S/c1-6-15-33-31(36)21(3)16-23-11-14-28-26(17-23)27(19-34-28)22(4)25-13-12-24(18-29(25)40-5)32(37)35-41(38,39)30-10-8-7-9-20(30)2/h7-14,16-19,22,34H,6,15H2,1-5H3,(H,33,36)(H,35,37). The fourth-order valence-electron chi connectivity index (χ4n) is 4.77. The lowest BCUT2D eigenvalue weighted by Gasteiger charge is -2.17. The molecule has 214 valence electrons. The highest BCUT2D eigenvalue weighted by Gasteiger charge is 2.23. The Kier molecular flexibility index (Phi) is 8.98. The van der Waals surface area contributed by atoms with Crippen LogP contribution in [0.3, 0.4) is 0 Å². The molecule has 3 aromatic carbocycles. The summed E-state index contributed by atoms with van der Waals surface area (Å²) in [6, 6.07) is 17.4. The Hall–Kier alpha value is -4.37. The van der Waals surface area contributed by atoms with Gasteiger partial charge in [-0.3, -0.25) is 9.59 Å². The van der Waals surface area contributed by atoms with Gasteiger partial charge in [-0.25, -0.2) is 13.1 Å². The molecule has 0 aliphatic carbocycles. The zero-order valence-corrected chi connectivity index (χ0v) is 24.7. The number of aromatic nitrogens is 1. The van der Waals surface area contributed by atoms with E-state index in [0.717, 1.165) is 34.0 Å². The first-order valence-corrected chi connectivity index (χ1v) is 14.9. The second-order valence-electron chi connectivity index (χ2n) is 10.0. The van der Waals surface area contributed by atoms with Crippen molar-refractivity contribution in [3.8, 4) is 5.75 Å². The number of nitrogens with one attached hydrogen (secondary N) is 3. The number of aryl methyl sites for hydroxylation is 1. The Morgan fingerprint density at radius 3 is 2.51 bits per heavy atom. The molecule has 0 bridgehead atoms. The lowest BCUT2D eigenvalue weighted by Crippen LogP contribution is -2.31. The highest BCUT2D eigenvalue weighted by atomic mass is 32.2. The molecule has 1 unspecified atom stereocenters. The SMILES string of the molecule is CCCNC(=O)C(C)=Cc1ccc2[nH]cc(C(C)c3ccc(C(=O)NS(=O)(=O)c4ccccc4C)cc3OC)c2c1. The van der Waals surface area contributed by atoms with Gasteiger partial charge in [0.25, 0.3) is 15.9 Å². The molecule has 8 nitrogen and oxygen atoms in total. The average Bonchev–Trinajstić information content (AvgIpc) is 3.38. The van der Waals surface area contributed by atoms with Gasteiger partial charge in [0.1, 0.15) is 5.75 Å². The first-order chi connectivity index (χ1) is 19.6. The van der Waals surface area contributed by atoms with Crippen LogP contribution in [0.2, 0.25) is 0 Å². The summed E-state index contributed by atoms with van der Waals surface area (Å²) in [5.74, 6) is -0.491. The van der Waals surface area contributed by atoms with Gasteiger partial charge in [0.15, 0.2) is 0 Å². The number of carbonyl (C=O) groups excluding carboxylic acids is 2. The molecule has 3 N–H and O–H groups in total. The van der Waals surface area contributed by atoms with E-state index < -0.39 is 15.9 Å². The van der Waals surface area contributed by atoms with Crippen LogP contribution in [-0.4, -0.2) is 38.9 Å². The van der Waals surface area contributed by atoms with Gasteiger partial charge in [-0.1, -0.05) is 44.2 Å². The molecule has 0 saturated carbocycles. The molecule has 0 radical (unpaired) electrons. The van der Waals surface area contributed by atoms with Gasteiger partial charge < -0.3 is 15.0 Å². The highest BCUT2D eigenvalue weighted by molar-refractivity contribution is 7.90. The van der Waals surface area contributed by atoms with E-state index >= 15 is 0 Å². The van der Waals surface area contributed by atoms with Crippen LogP contribution in [0.1, 0.15) is 65.7 Å². The Morgan fingerprint density at radius 1 is 1.05 bits per heavy atom. The minimum absolute atomic E-state index is 0.0517. The summed E-state index contributed by atoms with van der Waals surface area (Å²) < 4.78 is 33.5. The van der Waals surface area contributed by atoms with E-state index in [4.69, 9.17) is 4.74 Å². The highest BCUT2D eigenvalue weighted by Crippen LogP contribution is 2.36. The summed E-state index contributed by atoms with van der Waals surface area (Å²) in [6.07, 6.45) is 4.68. The van der Waals surface area contributed by atoms with Gasteiger partial charge in [0, 0.05) is 46.3 Å². The molecule has 0 fully saturated rings. The Bertz CT molecular complexity index is 1740. The van der Waals surface area contributed by atoms with Gasteiger partial charge >= 0.3 is 0 Å². The van der Waals surface area contributed by atoms with Crippen molar-refractivity contribution in [2.75, 3.05) is 13.7 Å². The predicted molar refractivity (Wildman–Crippen MR) is 162 cm³/mol. The molecule has 0 saturated heterocycles. The van der Waals surface area contributed by atoms with Crippen LogP contribution in [0.5, 0.6) is 5.75 Å². The maximum Gasteiger partial charge on any atom is 0.265 e. The average molecular weight is 574 g/mol. The van der Waals surface area contributed by atoms with Crippen LogP contribution in [0, 0.1) is 6.92 Å². The van der Waals surface area contributed by atoms with E-state index in [1.54, 1.807) is 50.2 Å². The smallest absolute Gasteiger partial charge is 0.265 e. The molecule has 0 spiro atoms. The van der Waals surface area contributed by atoms with E-state index in [9.17, 15) is 18.0 Å². The summed E-state index contributed by atoms with van der Waals surface area (Å²) in [4.78, 5) is 28.6. The van der Waals surface area contributed by atoms with Crippen molar-refractivity contribution in [1.29, 1.82) is 0 Å². The van der Waals surface area contributed by atoms with Gasteiger partial charge in [-0.05, 0) is 73.4 Å². The molecule has 1 aromatic heterocycles. The second kappa shape index (κ2) is 12.4. The molecule has 4 rings (SSSR count). The van der Waals surface area contributed by atoms with Crippen LogP contribution < -0.4 is 14.8 Å². The van der Waals surface area contributed by atoms with E-state index in [-0.39, 0.29) is 22.3 Å². The third kappa shape index (κ3) is 6.52. The zero-order chi connectivity index (χ0) is 29.7. The number of carbonyl (C=O) groups is 2. The molecule has 0 aliphatic heterocycles. The molecule has 9 heteroatoms. The van der Waals surface area contributed by atoms with Crippen molar-refractivity contribution in [3.63, 3.8) is 0 Å². The van der Waals surface area contributed by atoms with Crippen molar-refractivity contribution in [3.05, 3.63) is 100 Å². The number of fused-ring (bicyclic) bond motifs is 1. The van der Waals surface area contributed by atoms with Crippen LogP contribution in [0.25, 0.3) is 17.0 Å². The number of H-pyrrole nitrogens is 1. The van der Waals surface area contributed by atoms with Gasteiger partial charge in [-0.15, -0.1) is 0 Å². The van der Waals surface area contributed by atoms with Crippen molar-refractivity contribution in [1.82, 2.24) is 15.0 Å². The summed E-state index contributed by atoms with van der Waals surface area (Å²) >= 11 is 0. The van der Waals surface area contributed by atoms with Crippen molar-refractivity contribution >= 4 is 38.8 Å². The molecular weight excluding hydrogens is 538 g/mol. The third-order valence-electron chi connectivity index (χ3n) is 7.05. The van der Waals surface area contributed by atoms with Gasteiger partial charge in [-0.2, -0.15) is 0 Å². The molecule has 1 heterocycles. The maximum absolute atomic E-state index is 12.9. The number of rotatable bonds is 10. The normalized spacial score (nSPS) is 12.7. The third-order valence-corrected chi connectivity index (χ3v) is 8.54. The van der Waals surface area contributed by atoms with Crippen LogP contribution >= 0.6 is 0 Å². The lowest BCUT2D eigenvalue weighted by atomic mass is 9.90. The van der Waals surface area contributed by atoms with E-state index in [1.165, 1.54) is 13.2 Å². The fraction of sp³-hybridized carbons (Fsp3) is 0.250. The number of hydrogen-bond acceptors (Lipinski definition) is 5. The molecule has 0 aliphatic rings. The minimum Gasteiger partial charge on any atom is -0.496 e. The topological polar surface area (TPSA) is 117 Å². The zero-order valence-electron chi connectivity index (χ0n) is 23.9. The molecule has 2 amide bonds. The number of aromatic amines is 1. The molecule has 4 aromatic rings. The second-order valence-corrected chi connectivity index (χ2v) is 11.7. The Morgan fingerprint density at radius 2 is 1.80 bits per heavy atom. The van der Waals surface area contributed by atoms with E-state index in [1.807, 2.05) is 44.3 Å². The number of hydrogen-bond donors (Lipinski definition) is 3. The van der Waals surface area contributed by atoms with Gasteiger partial charge in [0.2, 0.25) is 5.91 Å². The number of methoxy groups -OCH3 is 1. The van der Waals surface area contributed by atoms with Crippen LogP contribution in [0.15, 0.2) is 77.3 Å². The minimum atomic E-state index is -4.04.